The number of rotatable bonds is 4. The van der Waals surface area contributed by atoms with E-state index in [-0.39, 0.29) is 0 Å². The number of allylic oxidation sites excluding steroid dienone is 6. The van der Waals surface area contributed by atoms with Crippen LogP contribution in [0, 0.1) is 5.92 Å². The molecule has 0 aliphatic carbocycles. The van der Waals surface area contributed by atoms with E-state index in [4.69, 9.17) is 0 Å². The van der Waals surface area contributed by atoms with Gasteiger partial charge in [-0.05, 0) is 26.2 Å². The van der Waals surface area contributed by atoms with Crippen molar-refractivity contribution in [3.05, 3.63) is 35.5 Å². The Morgan fingerprint density at radius 3 is 2.08 bits per heavy atom. The summed E-state index contributed by atoms with van der Waals surface area (Å²) in [5.41, 5.74) is 2.85. The second kappa shape index (κ2) is 6.71. The summed E-state index contributed by atoms with van der Waals surface area (Å²) < 4.78 is 0. The predicted molar refractivity (Wildman–Crippen MR) is 61.8 cm³/mol. The Labute approximate surface area is 83.0 Å². The van der Waals surface area contributed by atoms with Gasteiger partial charge in [0.15, 0.2) is 0 Å². The average Bonchev–Trinajstić information content (AvgIpc) is 2.11. The molecule has 0 aliphatic rings. The summed E-state index contributed by atoms with van der Waals surface area (Å²) in [7, 11) is 0. The van der Waals surface area contributed by atoms with Crippen molar-refractivity contribution in [1.82, 2.24) is 0 Å². The largest absolute Gasteiger partial charge is 0.0736 e. The average molecular weight is 178 g/mol. The van der Waals surface area contributed by atoms with Gasteiger partial charge in [-0.15, -0.1) is 0 Å². The molecule has 0 N–H and O–H groups in total. The minimum absolute atomic E-state index is 0.654. The van der Waals surface area contributed by atoms with Gasteiger partial charge in [0.1, 0.15) is 0 Å². The lowest BCUT2D eigenvalue weighted by atomic mass is 10.1. The van der Waals surface area contributed by atoms with E-state index >= 15 is 0 Å². The van der Waals surface area contributed by atoms with Gasteiger partial charge in [-0.1, -0.05) is 56.2 Å². The van der Waals surface area contributed by atoms with Crippen molar-refractivity contribution in [2.45, 2.75) is 41.0 Å². The summed E-state index contributed by atoms with van der Waals surface area (Å²) in [6.45, 7) is 10.9. The highest BCUT2D eigenvalue weighted by Crippen LogP contribution is 2.07. The molecule has 0 aliphatic heterocycles. The Morgan fingerprint density at radius 2 is 1.62 bits per heavy atom. The molecular formula is C13H22. The van der Waals surface area contributed by atoms with Gasteiger partial charge < -0.3 is 0 Å². The summed E-state index contributed by atoms with van der Waals surface area (Å²) in [5, 5.41) is 0. The molecule has 0 radical (unpaired) electrons. The SMILES string of the molecule is CCC(C)=CC=CC=C(C)C(C)C. The van der Waals surface area contributed by atoms with Crippen LogP contribution in [0.15, 0.2) is 35.5 Å². The quantitative estimate of drug-likeness (QED) is 0.556. The second-order valence-electron chi connectivity index (χ2n) is 3.82. The molecule has 0 aromatic carbocycles. The summed E-state index contributed by atoms with van der Waals surface area (Å²) in [5.74, 6) is 0.654. The van der Waals surface area contributed by atoms with E-state index in [0.717, 1.165) is 6.42 Å². The molecule has 74 valence electrons. The third-order valence-corrected chi connectivity index (χ3v) is 2.32. The highest BCUT2D eigenvalue weighted by atomic mass is 14.0. The molecule has 0 bridgehead atoms. The molecule has 0 amide bonds. The zero-order valence-electron chi connectivity index (χ0n) is 9.59. The van der Waals surface area contributed by atoms with Crippen molar-refractivity contribution in [2.24, 2.45) is 5.92 Å². The van der Waals surface area contributed by atoms with Gasteiger partial charge >= 0.3 is 0 Å². The van der Waals surface area contributed by atoms with Gasteiger partial charge in [-0.25, -0.2) is 0 Å². The third-order valence-electron chi connectivity index (χ3n) is 2.32. The Morgan fingerprint density at radius 1 is 1.08 bits per heavy atom. The van der Waals surface area contributed by atoms with Crippen LogP contribution in [-0.4, -0.2) is 0 Å². The van der Waals surface area contributed by atoms with Crippen molar-refractivity contribution in [3.63, 3.8) is 0 Å². The van der Waals surface area contributed by atoms with Gasteiger partial charge in [0.2, 0.25) is 0 Å². The highest BCUT2D eigenvalue weighted by molar-refractivity contribution is 5.18. The Kier molecular flexibility index (Phi) is 6.30. The monoisotopic (exact) mass is 178 g/mol. The van der Waals surface area contributed by atoms with Crippen molar-refractivity contribution < 1.29 is 0 Å². The molecule has 0 saturated carbocycles. The van der Waals surface area contributed by atoms with Crippen LogP contribution in [0.2, 0.25) is 0 Å². The minimum Gasteiger partial charge on any atom is -0.0736 e. The minimum atomic E-state index is 0.654. The molecule has 0 saturated heterocycles. The normalized spacial score (nSPS) is 14.6. The van der Waals surface area contributed by atoms with Crippen LogP contribution in [-0.2, 0) is 0 Å². The van der Waals surface area contributed by atoms with Crippen molar-refractivity contribution in [3.8, 4) is 0 Å². The Bertz CT molecular complexity index is 214. The van der Waals surface area contributed by atoms with E-state index in [9.17, 15) is 0 Å². The third kappa shape index (κ3) is 6.39. The van der Waals surface area contributed by atoms with Gasteiger partial charge in [-0.2, -0.15) is 0 Å². The van der Waals surface area contributed by atoms with Crippen molar-refractivity contribution in [2.75, 3.05) is 0 Å². The number of hydrogen-bond donors (Lipinski definition) is 0. The molecular weight excluding hydrogens is 156 g/mol. The molecule has 0 heterocycles. The lowest BCUT2D eigenvalue weighted by molar-refractivity contribution is 0.769. The van der Waals surface area contributed by atoms with Crippen LogP contribution in [0.25, 0.3) is 0 Å². The topological polar surface area (TPSA) is 0 Å². The van der Waals surface area contributed by atoms with Gasteiger partial charge in [0.05, 0.1) is 0 Å². The summed E-state index contributed by atoms with van der Waals surface area (Å²) >= 11 is 0. The first kappa shape index (κ1) is 12.2. The smallest absolute Gasteiger partial charge is 0.0260 e. The molecule has 0 aromatic heterocycles. The molecule has 0 nitrogen and oxygen atoms in total. The second-order valence-corrected chi connectivity index (χ2v) is 3.82. The molecule has 0 spiro atoms. The molecule has 0 heteroatoms. The highest BCUT2D eigenvalue weighted by Gasteiger charge is 1.91. The molecule has 0 fully saturated rings. The maximum Gasteiger partial charge on any atom is -0.0260 e. The zero-order valence-corrected chi connectivity index (χ0v) is 9.59. The molecule has 13 heavy (non-hydrogen) atoms. The van der Waals surface area contributed by atoms with Crippen LogP contribution >= 0.6 is 0 Å². The molecule has 0 aromatic rings. The maximum absolute atomic E-state index is 2.22. The first-order valence-corrected chi connectivity index (χ1v) is 5.08. The fourth-order valence-electron chi connectivity index (χ4n) is 0.737. The summed E-state index contributed by atoms with van der Waals surface area (Å²) in [6, 6.07) is 0. The zero-order chi connectivity index (χ0) is 10.3. The summed E-state index contributed by atoms with van der Waals surface area (Å²) in [6.07, 6.45) is 9.73. The predicted octanol–water partition coefficient (Wildman–Crippen LogP) is 4.50. The van der Waals surface area contributed by atoms with E-state index in [1.165, 1.54) is 11.1 Å². The van der Waals surface area contributed by atoms with E-state index in [1.54, 1.807) is 0 Å². The fourth-order valence-corrected chi connectivity index (χ4v) is 0.737. The van der Waals surface area contributed by atoms with Crippen molar-refractivity contribution in [1.29, 1.82) is 0 Å². The van der Waals surface area contributed by atoms with Crippen LogP contribution in [0.3, 0.4) is 0 Å². The Hall–Kier alpha value is -0.780. The molecule has 0 unspecified atom stereocenters. The van der Waals surface area contributed by atoms with Crippen LogP contribution in [0.1, 0.15) is 41.0 Å². The van der Waals surface area contributed by atoms with E-state index in [2.05, 4.69) is 58.9 Å². The van der Waals surface area contributed by atoms with E-state index in [1.807, 2.05) is 0 Å². The molecule has 0 rings (SSSR count). The van der Waals surface area contributed by atoms with Gasteiger partial charge in [0, 0.05) is 0 Å². The van der Waals surface area contributed by atoms with Crippen LogP contribution < -0.4 is 0 Å². The van der Waals surface area contributed by atoms with Crippen LogP contribution in [0.4, 0.5) is 0 Å². The lowest BCUT2D eigenvalue weighted by Gasteiger charge is -2.01. The van der Waals surface area contributed by atoms with E-state index in [0.29, 0.717) is 5.92 Å². The van der Waals surface area contributed by atoms with E-state index < -0.39 is 0 Å². The number of hydrogen-bond acceptors (Lipinski definition) is 0. The maximum atomic E-state index is 2.22. The van der Waals surface area contributed by atoms with Gasteiger partial charge in [0.25, 0.3) is 0 Å². The summed E-state index contributed by atoms with van der Waals surface area (Å²) in [4.78, 5) is 0. The standard InChI is InChI=1S/C13H22/c1-6-12(4)9-7-8-10-13(5)11(2)3/h7-11H,6H2,1-5H3. The fraction of sp³-hybridized carbons (Fsp3) is 0.538. The van der Waals surface area contributed by atoms with Gasteiger partial charge in [-0.3, -0.25) is 0 Å². The Balaban J connectivity index is 4.08. The first-order chi connectivity index (χ1) is 6.07. The molecule has 0 atom stereocenters. The first-order valence-electron chi connectivity index (χ1n) is 5.08. The lowest BCUT2D eigenvalue weighted by Crippen LogP contribution is -1.86. The van der Waals surface area contributed by atoms with Crippen LogP contribution in [0.5, 0.6) is 0 Å². The van der Waals surface area contributed by atoms with Crippen molar-refractivity contribution >= 4 is 0 Å².